The third kappa shape index (κ3) is 4.77. The zero-order valence-electron chi connectivity index (χ0n) is 13.3. The number of carbonyl (C=O) groups is 1. The molecule has 0 aliphatic heterocycles. The van der Waals surface area contributed by atoms with Gasteiger partial charge >= 0.3 is 0 Å². The molecule has 8 heteroatoms. The zero-order valence-corrected chi connectivity index (χ0v) is 15.7. The lowest BCUT2D eigenvalue weighted by atomic mass is 9.84. The molecule has 5 N–H and O–H groups in total. The van der Waals surface area contributed by atoms with Crippen LogP contribution >= 0.6 is 34.4 Å². The summed E-state index contributed by atoms with van der Waals surface area (Å²) in [5, 5.41) is 12.1. The van der Waals surface area contributed by atoms with Gasteiger partial charge in [-0.1, -0.05) is 32.5 Å². The van der Waals surface area contributed by atoms with Crippen molar-refractivity contribution in [1.29, 1.82) is 0 Å². The molecule has 0 aromatic carbocycles. The highest BCUT2D eigenvalue weighted by Gasteiger charge is 2.27. The van der Waals surface area contributed by atoms with Crippen molar-refractivity contribution in [2.24, 2.45) is 16.9 Å². The topological polar surface area (TPSA) is 102 Å². The van der Waals surface area contributed by atoms with Gasteiger partial charge in [0.2, 0.25) is 0 Å². The average Bonchev–Trinajstić information content (AvgIpc) is 3.11. The van der Waals surface area contributed by atoms with Crippen LogP contribution in [0.5, 0.6) is 0 Å². The maximum Gasteiger partial charge on any atom is 0.258 e. The smallest absolute Gasteiger partial charge is 0.258 e. The first-order valence-corrected chi connectivity index (χ1v) is 9.78. The fraction of sp³-hybridized carbons (Fsp3) is 0.467. The molecule has 0 fully saturated rings. The monoisotopic (exact) mass is 371 g/mol. The number of hydrogen-bond acceptors (Lipinski definition) is 7. The molecule has 5 nitrogen and oxygen atoms in total. The van der Waals surface area contributed by atoms with Gasteiger partial charge in [-0.3, -0.25) is 4.79 Å². The largest absolute Gasteiger partial charge is 0.391 e. The van der Waals surface area contributed by atoms with E-state index >= 15 is 0 Å². The normalized spacial score (nSPS) is 14.7. The van der Waals surface area contributed by atoms with Gasteiger partial charge in [-0.05, 0) is 17.5 Å². The average molecular weight is 372 g/mol. The van der Waals surface area contributed by atoms with Gasteiger partial charge in [0.05, 0.1) is 21.6 Å². The molecule has 0 bridgehead atoms. The van der Waals surface area contributed by atoms with E-state index in [0.29, 0.717) is 10.6 Å². The molecule has 2 unspecified atom stereocenters. The maximum atomic E-state index is 11.1. The summed E-state index contributed by atoms with van der Waals surface area (Å²) < 4.78 is 0.870. The summed E-state index contributed by atoms with van der Waals surface area (Å²) in [7, 11) is 0. The summed E-state index contributed by atoms with van der Waals surface area (Å²) in [5.74, 6) is 0.0768. The van der Waals surface area contributed by atoms with E-state index in [2.05, 4.69) is 4.98 Å². The summed E-state index contributed by atoms with van der Waals surface area (Å²) >= 11 is 4.34. The Morgan fingerprint density at radius 2 is 2.13 bits per heavy atom. The third-order valence-corrected chi connectivity index (χ3v) is 6.62. The van der Waals surface area contributed by atoms with Crippen LogP contribution in [0.2, 0.25) is 0 Å². The van der Waals surface area contributed by atoms with E-state index in [0.717, 1.165) is 14.9 Å². The number of aliphatic hydroxyl groups is 1. The van der Waals surface area contributed by atoms with Gasteiger partial charge in [-0.15, -0.1) is 22.7 Å². The highest BCUT2D eigenvalue weighted by Crippen LogP contribution is 2.33. The standard InChI is InChI=1S/C15H21N3O2S3/c1-15(2,3)12(16)9(19)7-22-14-18-8(6-21-14)10-4-5-11(23-10)13(17)20/h4-6,9,12,19H,7,16H2,1-3H3,(H2,17,20). The lowest BCUT2D eigenvalue weighted by molar-refractivity contribution is 0.100. The fourth-order valence-electron chi connectivity index (χ4n) is 1.88. The fourth-order valence-corrected chi connectivity index (χ4v) is 4.62. The van der Waals surface area contributed by atoms with Crippen LogP contribution in [-0.4, -0.2) is 33.9 Å². The molecular weight excluding hydrogens is 350 g/mol. The van der Waals surface area contributed by atoms with E-state index in [1.165, 1.54) is 34.4 Å². The molecule has 0 aliphatic rings. The van der Waals surface area contributed by atoms with Crippen molar-refractivity contribution < 1.29 is 9.90 Å². The number of carbonyl (C=O) groups excluding carboxylic acids is 1. The molecule has 0 spiro atoms. The number of primary amides is 1. The van der Waals surface area contributed by atoms with Gasteiger partial charge in [0.25, 0.3) is 5.91 Å². The van der Waals surface area contributed by atoms with E-state index in [1.54, 1.807) is 6.07 Å². The Balaban J connectivity index is 1.98. The van der Waals surface area contributed by atoms with Crippen LogP contribution in [0, 0.1) is 5.41 Å². The molecule has 0 saturated heterocycles. The minimum atomic E-state index is -0.587. The Morgan fingerprint density at radius 3 is 2.70 bits per heavy atom. The number of thiazole rings is 1. The number of rotatable bonds is 6. The Morgan fingerprint density at radius 1 is 1.43 bits per heavy atom. The number of nitrogens with zero attached hydrogens (tertiary/aromatic N) is 1. The van der Waals surface area contributed by atoms with Gasteiger partial charge in [0, 0.05) is 17.2 Å². The number of thioether (sulfide) groups is 1. The van der Waals surface area contributed by atoms with Crippen LogP contribution in [0.3, 0.4) is 0 Å². The second-order valence-electron chi connectivity index (χ2n) is 6.30. The molecule has 126 valence electrons. The van der Waals surface area contributed by atoms with Gasteiger partial charge in [-0.25, -0.2) is 4.98 Å². The quantitative estimate of drug-likeness (QED) is 0.678. The van der Waals surface area contributed by atoms with E-state index < -0.39 is 12.0 Å². The Hall–Kier alpha value is -0.930. The predicted octanol–water partition coefficient (Wildman–Crippen LogP) is 2.80. The zero-order chi connectivity index (χ0) is 17.2. The van der Waals surface area contributed by atoms with E-state index in [-0.39, 0.29) is 11.5 Å². The molecule has 0 saturated carbocycles. The molecule has 2 rings (SSSR count). The number of aliphatic hydroxyl groups excluding tert-OH is 1. The number of aromatic nitrogens is 1. The molecule has 23 heavy (non-hydrogen) atoms. The number of thiophene rings is 1. The first-order valence-electron chi connectivity index (χ1n) is 7.10. The van der Waals surface area contributed by atoms with E-state index in [1.807, 2.05) is 32.2 Å². The Kier molecular flexibility index (Phi) is 5.85. The van der Waals surface area contributed by atoms with Gasteiger partial charge in [0.15, 0.2) is 4.34 Å². The van der Waals surface area contributed by atoms with Crippen LogP contribution in [0.15, 0.2) is 21.9 Å². The van der Waals surface area contributed by atoms with E-state index in [4.69, 9.17) is 11.5 Å². The van der Waals surface area contributed by atoms with Crippen LogP contribution in [0.1, 0.15) is 30.4 Å². The van der Waals surface area contributed by atoms with Crippen LogP contribution in [-0.2, 0) is 0 Å². The molecule has 0 radical (unpaired) electrons. The molecule has 2 heterocycles. The molecule has 2 aromatic heterocycles. The van der Waals surface area contributed by atoms with Crippen molar-refractivity contribution in [2.75, 3.05) is 5.75 Å². The summed E-state index contributed by atoms with van der Waals surface area (Å²) in [6.45, 7) is 6.04. The summed E-state index contributed by atoms with van der Waals surface area (Å²) in [6.07, 6.45) is -0.587. The first kappa shape index (κ1) is 18.4. The number of nitrogens with two attached hydrogens (primary N) is 2. The molecule has 2 aromatic rings. The van der Waals surface area contributed by atoms with Gasteiger partial charge in [0.1, 0.15) is 0 Å². The van der Waals surface area contributed by atoms with Crippen molar-refractivity contribution >= 4 is 40.3 Å². The summed E-state index contributed by atoms with van der Waals surface area (Å²) in [4.78, 5) is 17.1. The second-order valence-corrected chi connectivity index (χ2v) is 9.51. The van der Waals surface area contributed by atoms with Crippen LogP contribution in [0.4, 0.5) is 0 Å². The Labute approximate surface area is 148 Å². The lowest BCUT2D eigenvalue weighted by Gasteiger charge is -2.30. The van der Waals surface area contributed by atoms with Gasteiger partial charge in [-0.2, -0.15) is 0 Å². The molecular formula is C15H21N3O2S3. The number of amides is 1. The highest BCUT2D eigenvalue weighted by molar-refractivity contribution is 8.01. The highest BCUT2D eigenvalue weighted by atomic mass is 32.2. The predicted molar refractivity (Wildman–Crippen MR) is 98.1 cm³/mol. The molecule has 2 atom stereocenters. The maximum absolute atomic E-state index is 11.1. The van der Waals surface area contributed by atoms with Crippen molar-refractivity contribution in [3.8, 4) is 10.6 Å². The Bertz CT molecular complexity index is 676. The second kappa shape index (κ2) is 7.31. The summed E-state index contributed by atoms with van der Waals surface area (Å²) in [5.41, 5.74) is 12.0. The third-order valence-electron chi connectivity index (χ3n) is 3.38. The number of hydrogen-bond donors (Lipinski definition) is 3. The van der Waals surface area contributed by atoms with Gasteiger partial charge < -0.3 is 16.6 Å². The van der Waals surface area contributed by atoms with Crippen molar-refractivity contribution in [2.45, 2.75) is 37.3 Å². The molecule has 0 aliphatic carbocycles. The molecule has 1 amide bonds. The van der Waals surface area contributed by atoms with Crippen molar-refractivity contribution in [3.63, 3.8) is 0 Å². The van der Waals surface area contributed by atoms with Crippen molar-refractivity contribution in [3.05, 3.63) is 22.4 Å². The SMILES string of the molecule is CC(C)(C)C(N)C(O)CSc1nc(-c2ccc(C(N)=O)s2)cs1. The van der Waals surface area contributed by atoms with E-state index in [9.17, 15) is 9.90 Å². The summed E-state index contributed by atoms with van der Waals surface area (Å²) in [6, 6.07) is 3.27. The lowest BCUT2D eigenvalue weighted by Crippen LogP contribution is -2.46. The first-order chi connectivity index (χ1) is 10.7. The minimum absolute atomic E-state index is 0.143. The van der Waals surface area contributed by atoms with Crippen molar-refractivity contribution in [1.82, 2.24) is 4.98 Å². The van der Waals surface area contributed by atoms with Crippen LogP contribution < -0.4 is 11.5 Å². The minimum Gasteiger partial charge on any atom is -0.391 e. The van der Waals surface area contributed by atoms with Crippen LogP contribution in [0.25, 0.3) is 10.6 Å².